The minimum atomic E-state index is -0.666. The van der Waals surface area contributed by atoms with Crippen LogP contribution in [0.2, 0.25) is 0 Å². The van der Waals surface area contributed by atoms with Crippen molar-refractivity contribution in [2.75, 3.05) is 24.7 Å². The van der Waals surface area contributed by atoms with Gasteiger partial charge in [-0.3, -0.25) is 0 Å². The molecule has 0 radical (unpaired) electrons. The maximum absolute atomic E-state index is 10.6. The average Bonchev–Trinajstić information content (AvgIpc) is 2.63. The fourth-order valence-electron chi connectivity index (χ4n) is 2.49. The van der Waals surface area contributed by atoms with E-state index in [1.165, 1.54) is 26.3 Å². The van der Waals surface area contributed by atoms with Crippen molar-refractivity contribution < 1.29 is 9.84 Å². The lowest BCUT2D eigenvalue weighted by Crippen LogP contribution is -2.36. The first-order chi connectivity index (χ1) is 9.14. The Morgan fingerprint density at radius 2 is 2.00 bits per heavy atom. The Labute approximate surface area is 113 Å². The van der Waals surface area contributed by atoms with E-state index in [1.807, 2.05) is 0 Å². The molecule has 0 spiro atoms. The van der Waals surface area contributed by atoms with Crippen LogP contribution in [0.25, 0.3) is 0 Å². The zero-order chi connectivity index (χ0) is 13.7. The Bertz CT molecular complexity index is 417. The molecule has 0 bridgehead atoms. The molecule has 2 rings (SSSR count). The third-order valence-corrected chi connectivity index (χ3v) is 3.66. The molecule has 106 valence electrons. The van der Waals surface area contributed by atoms with Crippen LogP contribution in [0.3, 0.4) is 0 Å². The van der Waals surface area contributed by atoms with E-state index < -0.39 is 5.60 Å². The van der Waals surface area contributed by atoms with Crippen molar-refractivity contribution in [2.24, 2.45) is 0 Å². The summed E-state index contributed by atoms with van der Waals surface area (Å²) in [7, 11) is 1.52. The average molecular weight is 266 g/mol. The van der Waals surface area contributed by atoms with E-state index in [0.717, 1.165) is 25.7 Å². The van der Waals surface area contributed by atoms with Gasteiger partial charge in [-0.1, -0.05) is 25.7 Å². The second kappa shape index (κ2) is 6.06. The molecule has 6 heteroatoms. The molecule has 1 fully saturated rings. The highest BCUT2D eigenvalue weighted by Crippen LogP contribution is 2.29. The Morgan fingerprint density at radius 1 is 1.32 bits per heavy atom. The van der Waals surface area contributed by atoms with Crippen LogP contribution in [0.15, 0.2) is 6.33 Å². The highest BCUT2D eigenvalue weighted by molar-refractivity contribution is 5.66. The van der Waals surface area contributed by atoms with Crippen molar-refractivity contribution in [3.05, 3.63) is 6.33 Å². The lowest BCUT2D eigenvalue weighted by Gasteiger charge is -2.27. The number of nitrogens with zero attached hydrogens (tertiary/aromatic N) is 2. The standard InChI is InChI=1S/C13H22N4O2/c1-19-12-10(14)11(16-9-17-12)15-8-13(18)6-4-2-3-5-7-13/h9,18H,2-8,14H2,1H3,(H,15,16,17). The van der Waals surface area contributed by atoms with Gasteiger partial charge in [0, 0.05) is 6.54 Å². The van der Waals surface area contributed by atoms with Gasteiger partial charge < -0.3 is 20.9 Å². The predicted octanol–water partition coefficient (Wildman–Crippen LogP) is 1.56. The second-order valence-electron chi connectivity index (χ2n) is 5.14. The normalized spacial score (nSPS) is 18.6. The van der Waals surface area contributed by atoms with Gasteiger partial charge in [0.25, 0.3) is 0 Å². The largest absolute Gasteiger partial charge is 0.479 e. The van der Waals surface area contributed by atoms with E-state index in [9.17, 15) is 5.11 Å². The number of nitrogen functional groups attached to an aromatic ring is 1. The molecule has 1 aliphatic carbocycles. The van der Waals surface area contributed by atoms with Crippen molar-refractivity contribution in [1.29, 1.82) is 0 Å². The van der Waals surface area contributed by atoms with Crippen molar-refractivity contribution in [2.45, 2.75) is 44.1 Å². The summed E-state index contributed by atoms with van der Waals surface area (Å²) >= 11 is 0. The first-order valence-corrected chi connectivity index (χ1v) is 6.75. The molecule has 0 aromatic carbocycles. The zero-order valence-electron chi connectivity index (χ0n) is 11.4. The van der Waals surface area contributed by atoms with Gasteiger partial charge in [0.2, 0.25) is 5.88 Å². The second-order valence-corrected chi connectivity index (χ2v) is 5.14. The lowest BCUT2D eigenvalue weighted by atomic mass is 9.94. The molecule has 1 aromatic heterocycles. The molecule has 6 nitrogen and oxygen atoms in total. The SMILES string of the molecule is COc1ncnc(NCC2(O)CCCCCC2)c1N. The molecule has 0 saturated heterocycles. The van der Waals surface area contributed by atoms with Gasteiger partial charge in [0.15, 0.2) is 5.82 Å². The molecule has 0 atom stereocenters. The van der Waals surface area contributed by atoms with Crippen LogP contribution in [0.1, 0.15) is 38.5 Å². The lowest BCUT2D eigenvalue weighted by molar-refractivity contribution is 0.0380. The number of rotatable bonds is 4. The zero-order valence-corrected chi connectivity index (χ0v) is 11.4. The van der Waals surface area contributed by atoms with Crippen molar-refractivity contribution in [3.63, 3.8) is 0 Å². The molecule has 1 aromatic rings. The molecule has 1 saturated carbocycles. The van der Waals surface area contributed by atoms with Gasteiger partial charge >= 0.3 is 0 Å². The van der Waals surface area contributed by atoms with Crippen LogP contribution in [-0.4, -0.2) is 34.3 Å². The fraction of sp³-hybridized carbons (Fsp3) is 0.692. The summed E-state index contributed by atoms with van der Waals surface area (Å²) in [6.45, 7) is 0.456. The third kappa shape index (κ3) is 3.47. The van der Waals surface area contributed by atoms with Gasteiger partial charge in [0.1, 0.15) is 12.0 Å². The maximum Gasteiger partial charge on any atom is 0.242 e. The Hall–Kier alpha value is -1.56. The summed E-state index contributed by atoms with van der Waals surface area (Å²) in [5.41, 5.74) is 5.60. The molecule has 0 unspecified atom stereocenters. The smallest absolute Gasteiger partial charge is 0.242 e. The number of aromatic nitrogens is 2. The van der Waals surface area contributed by atoms with E-state index in [-0.39, 0.29) is 0 Å². The van der Waals surface area contributed by atoms with Crippen LogP contribution in [0, 0.1) is 0 Å². The van der Waals surface area contributed by atoms with E-state index >= 15 is 0 Å². The first kappa shape index (κ1) is 13.9. The molecule has 1 heterocycles. The molecule has 0 aliphatic heterocycles. The number of methoxy groups -OCH3 is 1. The Kier molecular flexibility index (Phi) is 4.42. The van der Waals surface area contributed by atoms with E-state index in [2.05, 4.69) is 15.3 Å². The number of nitrogens with one attached hydrogen (secondary N) is 1. The Morgan fingerprint density at radius 3 is 2.63 bits per heavy atom. The van der Waals surface area contributed by atoms with Crippen LogP contribution < -0.4 is 15.8 Å². The molecular formula is C13H22N4O2. The topological polar surface area (TPSA) is 93.3 Å². The number of aliphatic hydroxyl groups is 1. The van der Waals surface area contributed by atoms with Crippen LogP contribution >= 0.6 is 0 Å². The summed E-state index contributed by atoms with van der Waals surface area (Å²) < 4.78 is 5.04. The fourth-order valence-corrected chi connectivity index (χ4v) is 2.49. The van der Waals surface area contributed by atoms with Gasteiger partial charge in [-0.2, -0.15) is 4.98 Å². The first-order valence-electron chi connectivity index (χ1n) is 6.75. The van der Waals surface area contributed by atoms with E-state index in [1.54, 1.807) is 0 Å². The van der Waals surface area contributed by atoms with Crippen LogP contribution in [-0.2, 0) is 0 Å². The summed E-state index contributed by atoms with van der Waals surface area (Å²) in [6.07, 6.45) is 7.58. The number of hydrogen-bond donors (Lipinski definition) is 3. The molecule has 19 heavy (non-hydrogen) atoms. The van der Waals surface area contributed by atoms with E-state index in [0.29, 0.717) is 23.9 Å². The number of ether oxygens (including phenoxy) is 1. The van der Waals surface area contributed by atoms with Crippen molar-refractivity contribution >= 4 is 11.5 Å². The van der Waals surface area contributed by atoms with Crippen molar-refractivity contribution in [1.82, 2.24) is 9.97 Å². The molecule has 1 aliphatic rings. The molecule has 4 N–H and O–H groups in total. The predicted molar refractivity (Wildman–Crippen MR) is 74.1 cm³/mol. The highest BCUT2D eigenvalue weighted by Gasteiger charge is 2.28. The molecular weight excluding hydrogens is 244 g/mol. The van der Waals surface area contributed by atoms with Gasteiger partial charge in [0.05, 0.1) is 12.7 Å². The summed E-state index contributed by atoms with van der Waals surface area (Å²) in [5.74, 6) is 0.870. The number of nitrogens with two attached hydrogens (primary N) is 1. The van der Waals surface area contributed by atoms with E-state index in [4.69, 9.17) is 10.5 Å². The van der Waals surface area contributed by atoms with Gasteiger partial charge in [-0.05, 0) is 12.8 Å². The quantitative estimate of drug-likeness (QED) is 0.716. The van der Waals surface area contributed by atoms with Crippen LogP contribution in [0.4, 0.5) is 11.5 Å². The van der Waals surface area contributed by atoms with Gasteiger partial charge in [-0.25, -0.2) is 4.98 Å². The summed E-state index contributed by atoms with van der Waals surface area (Å²) in [5, 5.41) is 13.7. The summed E-state index contributed by atoms with van der Waals surface area (Å²) in [6, 6.07) is 0. The monoisotopic (exact) mass is 266 g/mol. The van der Waals surface area contributed by atoms with Crippen molar-refractivity contribution in [3.8, 4) is 5.88 Å². The van der Waals surface area contributed by atoms with Crippen LogP contribution in [0.5, 0.6) is 5.88 Å². The minimum absolute atomic E-state index is 0.352. The maximum atomic E-state index is 10.6. The highest BCUT2D eigenvalue weighted by atomic mass is 16.5. The minimum Gasteiger partial charge on any atom is -0.479 e. The molecule has 0 amide bonds. The van der Waals surface area contributed by atoms with Gasteiger partial charge in [-0.15, -0.1) is 0 Å². The third-order valence-electron chi connectivity index (χ3n) is 3.66. The number of hydrogen-bond acceptors (Lipinski definition) is 6. The Balaban J connectivity index is 2.01. The summed E-state index contributed by atoms with van der Waals surface area (Å²) in [4.78, 5) is 8.01. The number of anilines is 2.